The van der Waals surface area contributed by atoms with Gasteiger partial charge in [-0.05, 0) is 30.7 Å². The van der Waals surface area contributed by atoms with Crippen LogP contribution in [-0.2, 0) is 16.0 Å². The highest BCUT2D eigenvalue weighted by molar-refractivity contribution is 5.89. The van der Waals surface area contributed by atoms with E-state index in [1.165, 1.54) is 29.3 Å². The van der Waals surface area contributed by atoms with Gasteiger partial charge >= 0.3 is 6.18 Å². The maximum atomic E-state index is 13.3. The molecule has 0 bridgehead atoms. The number of aryl methyl sites for hydroxylation is 1. The maximum Gasteiger partial charge on any atom is 0.422 e. The number of primary amides is 1. The molecule has 0 radical (unpaired) electrons. The van der Waals surface area contributed by atoms with Crippen molar-refractivity contribution in [1.82, 2.24) is 9.88 Å². The molecule has 2 heterocycles. The molecule has 2 aromatic carbocycles. The number of amides is 2. The number of nitrogens with zero attached hydrogens (tertiary/aromatic N) is 3. The summed E-state index contributed by atoms with van der Waals surface area (Å²) in [6, 6.07) is 16.0. The molecule has 200 valence electrons. The Morgan fingerprint density at radius 3 is 2.53 bits per heavy atom. The molecule has 4 rings (SSSR count). The SMILES string of the molecule is Cc1ccccc1N1CCN(C(=O)Cc2ccc(Oc3ccccn3)cc2OCC(F)(F)F)C(C(N)=O)C1. The second-order valence-electron chi connectivity index (χ2n) is 8.86. The van der Waals surface area contributed by atoms with Gasteiger partial charge in [-0.1, -0.05) is 30.3 Å². The normalized spacial score (nSPS) is 15.7. The number of aromatic nitrogens is 1. The molecule has 3 aromatic rings. The number of alkyl halides is 3. The van der Waals surface area contributed by atoms with Crippen LogP contribution in [0.4, 0.5) is 18.9 Å². The van der Waals surface area contributed by atoms with Gasteiger partial charge in [-0.2, -0.15) is 13.2 Å². The number of piperazine rings is 1. The predicted molar refractivity (Wildman–Crippen MR) is 134 cm³/mol. The zero-order valence-corrected chi connectivity index (χ0v) is 20.6. The minimum Gasteiger partial charge on any atom is -0.484 e. The smallest absolute Gasteiger partial charge is 0.422 e. The molecule has 0 spiro atoms. The van der Waals surface area contributed by atoms with Gasteiger partial charge in [-0.3, -0.25) is 9.59 Å². The van der Waals surface area contributed by atoms with Crippen LogP contribution in [0.1, 0.15) is 11.1 Å². The fourth-order valence-corrected chi connectivity index (χ4v) is 4.29. The average Bonchev–Trinajstić information content (AvgIpc) is 2.88. The molecule has 2 N–H and O–H groups in total. The van der Waals surface area contributed by atoms with Crippen LogP contribution in [0.2, 0.25) is 0 Å². The highest BCUT2D eigenvalue weighted by atomic mass is 19.4. The van der Waals surface area contributed by atoms with Crippen molar-refractivity contribution in [3.05, 3.63) is 78.0 Å². The van der Waals surface area contributed by atoms with E-state index in [2.05, 4.69) is 4.98 Å². The summed E-state index contributed by atoms with van der Waals surface area (Å²) in [4.78, 5) is 33.0. The Balaban J connectivity index is 1.53. The molecule has 8 nitrogen and oxygen atoms in total. The van der Waals surface area contributed by atoms with E-state index in [9.17, 15) is 22.8 Å². The highest BCUT2D eigenvalue weighted by Crippen LogP contribution is 2.31. The summed E-state index contributed by atoms with van der Waals surface area (Å²) in [6.45, 7) is 1.31. The maximum absolute atomic E-state index is 13.3. The fraction of sp³-hybridized carbons (Fsp3) is 0.296. The summed E-state index contributed by atoms with van der Waals surface area (Å²) in [5, 5.41) is 0. The number of anilines is 1. The number of nitrogens with two attached hydrogens (primary N) is 1. The van der Waals surface area contributed by atoms with Crippen LogP contribution in [0.5, 0.6) is 17.4 Å². The first-order valence-electron chi connectivity index (χ1n) is 11.9. The van der Waals surface area contributed by atoms with E-state index in [1.54, 1.807) is 18.2 Å². The lowest BCUT2D eigenvalue weighted by atomic mass is 10.1. The van der Waals surface area contributed by atoms with E-state index in [0.29, 0.717) is 6.54 Å². The molecule has 11 heteroatoms. The molecule has 1 aromatic heterocycles. The Kier molecular flexibility index (Phi) is 8.04. The molecule has 1 fully saturated rings. The zero-order valence-electron chi connectivity index (χ0n) is 20.6. The number of pyridine rings is 1. The lowest BCUT2D eigenvalue weighted by molar-refractivity contribution is -0.153. The minimum absolute atomic E-state index is 0.154. The molecule has 2 amide bonds. The first kappa shape index (κ1) is 26.8. The molecule has 1 unspecified atom stereocenters. The van der Waals surface area contributed by atoms with Crippen molar-refractivity contribution in [3.8, 4) is 17.4 Å². The van der Waals surface area contributed by atoms with Crippen molar-refractivity contribution in [1.29, 1.82) is 0 Å². The first-order valence-corrected chi connectivity index (χ1v) is 11.9. The van der Waals surface area contributed by atoms with Gasteiger partial charge in [0, 0.05) is 49.2 Å². The van der Waals surface area contributed by atoms with E-state index >= 15 is 0 Å². The number of benzene rings is 2. The number of halogens is 3. The van der Waals surface area contributed by atoms with Gasteiger partial charge in [0.2, 0.25) is 17.7 Å². The summed E-state index contributed by atoms with van der Waals surface area (Å²) < 4.78 is 49.4. The van der Waals surface area contributed by atoms with E-state index in [0.717, 1.165) is 11.3 Å². The average molecular weight is 529 g/mol. The summed E-state index contributed by atoms with van der Waals surface area (Å²) >= 11 is 0. The van der Waals surface area contributed by atoms with E-state index in [1.807, 2.05) is 36.1 Å². The monoisotopic (exact) mass is 528 g/mol. The molecule has 1 saturated heterocycles. The first-order chi connectivity index (χ1) is 18.1. The number of ether oxygens (including phenoxy) is 2. The highest BCUT2D eigenvalue weighted by Gasteiger charge is 2.35. The van der Waals surface area contributed by atoms with Crippen molar-refractivity contribution >= 4 is 17.5 Å². The summed E-state index contributed by atoms with van der Waals surface area (Å²) in [5.74, 6) is -0.830. The Bertz CT molecular complexity index is 1290. The molecular formula is C27H27F3N4O4. The Hall–Kier alpha value is -4.28. The Labute approximate surface area is 217 Å². The Morgan fingerprint density at radius 2 is 1.84 bits per heavy atom. The number of carbonyl (C=O) groups excluding carboxylic acids is 2. The quantitative estimate of drug-likeness (QED) is 0.477. The number of carbonyl (C=O) groups is 2. The minimum atomic E-state index is -4.58. The van der Waals surface area contributed by atoms with Crippen molar-refractivity contribution in [2.45, 2.75) is 25.6 Å². The third kappa shape index (κ3) is 6.72. The third-order valence-electron chi connectivity index (χ3n) is 6.12. The molecule has 1 aliphatic heterocycles. The van der Waals surface area contributed by atoms with Gasteiger partial charge < -0.3 is 25.0 Å². The van der Waals surface area contributed by atoms with Crippen LogP contribution in [0.25, 0.3) is 0 Å². The molecule has 38 heavy (non-hydrogen) atoms. The number of hydrogen-bond donors (Lipinski definition) is 1. The van der Waals surface area contributed by atoms with Crippen molar-refractivity contribution in [2.24, 2.45) is 5.73 Å². The Morgan fingerprint density at radius 1 is 1.08 bits per heavy atom. The van der Waals surface area contributed by atoms with Gasteiger partial charge in [0.25, 0.3) is 0 Å². The largest absolute Gasteiger partial charge is 0.484 e. The summed E-state index contributed by atoms with van der Waals surface area (Å²) in [6.07, 6.45) is -3.36. The fourth-order valence-electron chi connectivity index (χ4n) is 4.29. The number of para-hydroxylation sites is 1. The second-order valence-corrected chi connectivity index (χ2v) is 8.86. The summed E-state index contributed by atoms with van der Waals surface area (Å²) in [7, 11) is 0. The topological polar surface area (TPSA) is 98.0 Å². The van der Waals surface area contributed by atoms with Crippen molar-refractivity contribution < 1.29 is 32.2 Å². The van der Waals surface area contributed by atoms with E-state index in [4.69, 9.17) is 15.2 Å². The third-order valence-corrected chi connectivity index (χ3v) is 6.12. The van der Waals surface area contributed by atoms with Crippen LogP contribution in [-0.4, -0.2) is 60.2 Å². The molecule has 0 saturated carbocycles. The van der Waals surface area contributed by atoms with E-state index in [-0.39, 0.29) is 42.5 Å². The van der Waals surface area contributed by atoms with Crippen LogP contribution in [0, 0.1) is 6.92 Å². The van der Waals surface area contributed by atoms with Gasteiger partial charge in [0.1, 0.15) is 17.5 Å². The van der Waals surface area contributed by atoms with Crippen LogP contribution in [0.15, 0.2) is 66.9 Å². The van der Waals surface area contributed by atoms with Crippen LogP contribution in [0.3, 0.4) is 0 Å². The lowest BCUT2D eigenvalue weighted by Crippen LogP contribution is -2.60. The van der Waals surface area contributed by atoms with Crippen molar-refractivity contribution in [2.75, 3.05) is 31.1 Å². The molecule has 0 aliphatic carbocycles. The van der Waals surface area contributed by atoms with Gasteiger partial charge in [0.05, 0.1) is 6.42 Å². The summed E-state index contributed by atoms with van der Waals surface area (Å²) in [5.41, 5.74) is 7.84. The number of rotatable bonds is 8. The van der Waals surface area contributed by atoms with Gasteiger partial charge in [-0.25, -0.2) is 4.98 Å². The van der Waals surface area contributed by atoms with Crippen molar-refractivity contribution in [3.63, 3.8) is 0 Å². The zero-order chi connectivity index (χ0) is 27.3. The van der Waals surface area contributed by atoms with E-state index < -0.39 is 30.6 Å². The standard InChI is InChI=1S/C27H27F3N4O4/c1-18-6-2-3-7-21(18)33-12-13-34(22(16-33)26(31)36)25(35)14-19-9-10-20(38-24-8-4-5-11-32-24)15-23(19)37-17-27(28,29)30/h2-11,15,22H,12-14,16-17H2,1H3,(H2,31,36). The molecule has 1 aliphatic rings. The second kappa shape index (κ2) is 11.4. The van der Waals surface area contributed by atoms with Gasteiger partial charge in [-0.15, -0.1) is 0 Å². The van der Waals surface area contributed by atoms with Gasteiger partial charge in [0.15, 0.2) is 6.61 Å². The van der Waals surface area contributed by atoms with Crippen LogP contribution < -0.4 is 20.1 Å². The molecule has 1 atom stereocenters. The molecular weight excluding hydrogens is 501 g/mol. The van der Waals surface area contributed by atoms with Crippen LogP contribution >= 0.6 is 0 Å². The number of hydrogen-bond acceptors (Lipinski definition) is 6. The predicted octanol–water partition coefficient (Wildman–Crippen LogP) is 3.87. The lowest BCUT2D eigenvalue weighted by Gasteiger charge is -2.41.